The first-order chi connectivity index (χ1) is 10.9. The van der Waals surface area contributed by atoms with E-state index in [1.54, 1.807) is 0 Å². The van der Waals surface area contributed by atoms with Gasteiger partial charge in [-0.15, -0.1) is 0 Å². The van der Waals surface area contributed by atoms with Gasteiger partial charge in [-0.25, -0.2) is 0 Å². The van der Waals surface area contributed by atoms with E-state index in [2.05, 4.69) is 26.0 Å². The SMILES string of the molecule is C[C@]12C=C[C@@H]3CC(=O)C[C@](C)(CCCC4OCCO4)[C@@]3(CC1)C2. The average Bonchev–Trinajstić information content (AvgIpc) is 3.09. The maximum Gasteiger partial charge on any atom is 0.157 e. The molecule has 0 aromatic rings. The van der Waals surface area contributed by atoms with Gasteiger partial charge in [0.05, 0.1) is 13.2 Å². The number of Topliss-reactive ketones (excluding diaryl/α,β-unsaturated/α-hetero) is 1. The Balaban J connectivity index is 1.52. The van der Waals surface area contributed by atoms with Gasteiger partial charge < -0.3 is 9.47 Å². The normalized spacial score (nSPS) is 46.3. The first-order valence-corrected chi connectivity index (χ1v) is 9.39. The van der Waals surface area contributed by atoms with E-state index in [1.165, 1.54) is 19.3 Å². The van der Waals surface area contributed by atoms with Gasteiger partial charge in [0.25, 0.3) is 0 Å². The topological polar surface area (TPSA) is 35.5 Å². The van der Waals surface area contributed by atoms with Crippen LogP contribution in [0.5, 0.6) is 0 Å². The molecule has 3 nitrogen and oxygen atoms in total. The highest BCUT2D eigenvalue weighted by Gasteiger charge is 2.61. The van der Waals surface area contributed by atoms with E-state index in [4.69, 9.17) is 9.47 Å². The van der Waals surface area contributed by atoms with E-state index >= 15 is 0 Å². The van der Waals surface area contributed by atoms with Gasteiger partial charge in [-0.05, 0) is 60.7 Å². The summed E-state index contributed by atoms with van der Waals surface area (Å²) in [5, 5.41) is 0. The number of rotatable bonds is 4. The second-order valence-corrected chi connectivity index (χ2v) is 9.00. The third-order valence-electron chi connectivity index (χ3n) is 7.40. The molecule has 0 unspecified atom stereocenters. The highest BCUT2D eigenvalue weighted by atomic mass is 16.7. The second kappa shape index (κ2) is 5.42. The Morgan fingerprint density at radius 3 is 2.78 bits per heavy atom. The van der Waals surface area contributed by atoms with Gasteiger partial charge in [-0.1, -0.05) is 26.0 Å². The zero-order chi connectivity index (χ0) is 16.1. The lowest BCUT2D eigenvalue weighted by molar-refractivity contribution is -0.136. The molecule has 2 bridgehead atoms. The van der Waals surface area contributed by atoms with Gasteiger partial charge in [-0.3, -0.25) is 4.79 Å². The summed E-state index contributed by atoms with van der Waals surface area (Å²) in [6, 6.07) is 0. The van der Waals surface area contributed by atoms with Crippen LogP contribution in [0, 0.1) is 22.2 Å². The number of carbonyl (C=O) groups is 1. The standard InChI is InChI=1S/C20H30O3/c1-18-7-5-15-12-16(21)13-19(2,20(15,14-18)9-8-18)6-3-4-17-22-10-11-23-17/h5,7,15,17H,3-4,6,8-14H2,1-2H3/t15-,18+,19+,20+/m1/s1. The highest BCUT2D eigenvalue weighted by Crippen LogP contribution is 2.69. The number of hydrogen-bond acceptors (Lipinski definition) is 3. The number of fused-ring (bicyclic) bond motifs is 1. The monoisotopic (exact) mass is 318 g/mol. The van der Waals surface area contributed by atoms with E-state index in [0.29, 0.717) is 22.5 Å². The van der Waals surface area contributed by atoms with Gasteiger partial charge >= 0.3 is 0 Å². The molecule has 0 amide bonds. The molecule has 0 N–H and O–H groups in total. The molecule has 2 saturated carbocycles. The minimum absolute atomic E-state index is 0.00807. The molecular weight excluding hydrogens is 288 g/mol. The van der Waals surface area contributed by atoms with E-state index in [-0.39, 0.29) is 11.7 Å². The molecule has 128 valence electrons. The lowest BCUT2D eigenvalue weighted by atomic mass is 9.48. The number of hydrogen-bond donors (Lipinski definition) is 0. The molecule has 0 radical (unpaired) electrons. The Morgan fingerprint density at radius 1 is 1.22 bits per heavy atom. The Morgan fingerprint density at radius 2 is 2.00 bits per heavy atom. The maximum atomic E-state index is 12.4. The molecule has 1 heterocycles. The zero-order valence-corrected chi connectivity index (χ0v) is 14.6. The smallest absolute Gasteiger partial charge is 0.157 e. The van der Waals surface area contributed by atoms with Crippen molar-refractivity contribution in [3.8, 4) is 0 Å². The summed E-state index contributed by atoms with van der Waals surface area (Å²) in [6.07, 6.45) is 13.4. The quantitative estimate of drug-likeness (QED) is 0.727. The van der Waals surface area contributed by atoms with E-state index in [0.717, 1.165) is 45.3 Å². The predicted molar refractivity (Wildman–Crippen MR) is 88.9 cm³/mol. The predicted octanol–water partition coefficient (Wildman–Crippen LogP) is 4.26. The molecule has 3 heteroatoms. The van der Waals surface area contributed by atoms with E-state index in [9.17, 15) is 4.79 Å². The lowest BCUT2D eigenvalue weighted by Crippen LogP contribution is -2.50. The van der Waals surface area contributed by atoms with Crippen molar-refractivity contribution in [1.82, 2.24) is 0 Å². The van der Waals surface area contributed by atoms with Crippen LogP contribution >= 0.6 is 0 Å². The van der Waals surface area contributed by atoms with Gasteiger partial charge in [0, 0.05) is 12.8 Å². The Kier molecular flexibility index (Phi) is 3.73. The van der Waals surface area contributed by atoms with E-state index < -0.39 is 0 Å². The first kappa shape index (κ1) is 15.8. The van der Waals surface area contributed by atoms with Crippen LogP contribution in [0.3, 0.4) is 0 Å². The Labute approximate surface area is 139 Å². The fourth-order valence-corrected chi connectivity index (χ4v) is 6.12. The molecule has 1 spiro atoms. The van der Waals surface area contributed by atoms with Gasteiger partial charge in [0.2, 0.25) is 0 Å². The third kappa shape index (κ3) is 2.51. The van der Waals surface area contributed by atoms with Crippen molar-refractivity contribution in [3.63, 3.8) is 0 Å². The van der Waals surface area contributed by atoms with Crippen LogP contribution in [0.15, 0.2) is 12.2 Å². The highest BCUT2D eigenvalue weighted by molar-refractivity contribution is 5.81. The van der Waals surface area contributed by atoms with Crippen molar-refractivity contribution < 1.29 is 14.3 Å². The average molecular weight is 318 g/mol. The van der Waals surface area contributed by atoms with Crippen LogP contribution in [0.1, 0.15) is 65.2 Å². The summed E-state index contributed by atoms with van der Waals surface area (Å²) in [6.45, 7) is 6.27. The molecule has 1 saturated heterocycles. The van der Waals surface area contributed by atoms with Gasteiger partial charge in [0.15, 0.2) is 6.29 Å². The number of ether oxygens (including phenoxy) is 2. The second-order valence-electron chi connectivity index (χ2n) is 9.00. The van der Waals surface area contributed by atoms with Crippen LogP contribution in [-0.2, 0) is 14.3 Å². The fraction of sp³-hybridized carbons (Fsp3) is 0.850. The summed E-state index contributed by atoms with van der Waals surface area (Å²) in [5.41, 5.74) is 0.867. The lowest BCUT2D eigenvalue weighted by Gasteiger charge is -2.56. The molecule has 4 rings (SSSR count). The van der Waals surface area contributed by atoms with Crippen molar-refractivity contribution in [2.24, 2.45) is 22.2 Å². The Bertz CT molecular complexity index is 521. The van der Waals surface area contributed by atoms with Crippen molar-refractivity contribution in [2.45, 2.75) is 71.5 Å². The molecule has 23 heavy (non-hydrogen) atoms. The molecule has 3 fully saturated rings. The summed E-state index contributed by atoms with van der Waals surface area (Å²) in [7, 11) is 0. The number of carbonyl (C=O) groups excluding carboxylic acids is 1. The van der Waals surface area contributed by atoms with Gasteiger partial charge in [-0.2, -0.15) is 0 Å². The van der Waals surface area contributed by atoms with Crippen LogP contribution in [0.25, 0.3) is 0 Å². The zero-order valence-electron chi connectivity index (χ0n) is 14.6. The molecule has 0 aromatic carbocycles. The summed E-state index contributed by atoms with van der Waals surface area (Å²) < 4.78 is 11.2. The number of ketones is 1. The third-order valence-corrected chi connectivity index (χ3v) is 7.40. The first-order valence-electron chi connectivity index (χ1n) is 9.39. The summed E-state index contributed by atoms with van der Waals surface area (Å²) in [5.74, 6) is 0.944. The molecular formula is C20H30O3. The van der Waals surface area contributed by atoms with E-state index in [1.807, 2.05) is 0 Å². The number of allylic oxidation sites excluding steroid dienone is 2. The van der Waals surface area contributed by atoms with Crippen LogP contribution in [-0.4, -0.2) is 25.3 Å². The van der Waals surface area contributed by atoms with Crippen LogP contribution in [0.4, 0.5) is 0 Å². The van der Waals surface area contributed by atoms with Crippen molar-refractivity contribution in [1.29, 1.82) is 0 Å². The molecule has 4 aliphatic rings. The summed E-state index contributed by atoms with van der Waals surface area (Å²) in [4.78, 5) is 12.4. The molecule has 1 aliphatic heterocycles. The summed E-state index contributed by atoms with van der Waals surface area (Å²) >= 11 is 0. The Hall–Kier alpha value is -0.670. The molecule has 3 aliphatic carbocycles. The van der Waals surface area contributed by atoms with Crippen molar-refractivity contribution in [3.05, 3.63) is 12.2 Å². The van der Waals surface area contributed by atoms with Crippen LogP contribution < -0.4 is 0 Å². The minimum atomic E-state index is -0.00807. The largest absolute Gasteiger partial charge is 0.350 e. The molecule has 4 atom stereocenters. The fourth-order valence-electron chi connectivity index (χ4n) is 6.12. The molecule has 0 aromatic heterocycles. The van der Waals surface area contributed by atoms with Crippen molar-refractivity contribution >= 4 is 5.78 Å². The van der Waals surface area contributed by atoms with Crippen molar-refractivity contribution in [2.75, 3.05) is 13.2 Å². The van der Waals surface area contributed by atoms with Gasteiger partial charge in [0.1, 0.15) is 5.78 Å². The van der Waals surface area contributed by atoms with Crippen LogP contribution in [0.2, 0.25) is 0 Å². The minimum Gasteiger partial charge on any atom is -0.350 e. The maximum absolute atomic E-state index is 12.4.